The monoisotopic (exact) mass is 314 g/mol. The normalized spacial score (nSPS) is 10.7. The van der Waals surface area contributed by atoms with Crippen molar-refractivity contribution in [3.63, 3.8) is 0 Å². The average Bonchev–Trinajstić information content (AvgIpc) is 3.24. The van der Waals surface area contributed by atoms with E-state index in [2.05, 4.69) is 20.3 Å². The third-order valence-corrected chi connectivity index (χ3v) is 3.42. The van der Waals surface area contributed by atoms with Gasteiger partial charge >= 0.3 is 0 Å². The second-order valence-electron chi connectivity index (χ2n) is 5.03. The number of aromatic amines is 1. The molecule has 0 unspecified atom stereocenters. The van der Waals surface area contributed by atoms with Crippen LogP contribution >= 0.6 is 0 Å². The Kier molecular flexibility index (Phi) is 4.24. The number of aromatic nitrogens is 4. The van der Waals surface area contributed by atoms with Gasteiger partial charge in [-0.05, 0) is 29.8 Å². The number of hydrogen-bond donors (Lipinski definition) is 2. The number of rotatable bonds is 6. The van der Waals surface area contributed by atoms with Crippen LogP contribution in [-0.4, -0.2) is 34.5 Å². The number of hydrogen-bond acceptors (Lipinski definition) is 7. The zero-order valence-corrected chi connectivity index (χ0v) is 13.0. The molecule has 0 amide bonds. The second-order valence-corrected chi connectivity index (χ2v) is 5.03. The Morgan fingerprint density at radius 3 is 2.74 bits per heavy atom. The first-order chi connectivity index (χ1) is 11.2. The molecule has 8 heteroatoms. The maximum Gasteiger partial charge on any atom is 0.240 e. The lowest BCUT2D eigenvalue weighted by atomic mass is 10.1. The van der Waals surface area contributed by atoms with Gasteiger partial charge in [0.05, 0.1) is 25.9 Å². The van der Waals surface area contributed by atoms with Gasteiger partial charge in [-0.25, -0.2) is 0 Å². The van der Waals surface area contributed by atoms with Crippen molar-refractivity contribution in [3.8, 4) is 17.0 Å². The highest BCUT2D eigenvalue weighted by Gasteiger charge is 2.12. The second kappa shape index (κ2) is 6.49. The van der Waals surface area contributed by atoms with E-state index in [0.29, 0.717) is 18.3 Å². The molecule has 0 radical (unpaired) electrons. The van der Waals surface area contributed by atoms with Gasteiger partial charge in [-0.2, -0.15) is 10.1 Å². The maximum absolute atomic E-state index is 5.46. The summed E-state index contributed by atoms with van der Waals surface area (Å²) in [6.07, 6.45) is 0. The van der Waals surface area contributed by atoms with Crippen molar-refractivity contribution in [1.29, 1.82) is 0 Å². The van der Waals surface area contributed by atoms with Gasteiger partial charge in [0.2, 0.25) is 5.89 Å². The summed E-state index contributed by atoms with van der Waals surface area (Å²) in [6, 6.07) is 9.73. The summed E-state index contributed by atoms with van der Waals surface area (Å²) in [6.45, 7) is 0.719. The Labute approximate surface area is 133 Å². The van der Waals surface area contributed by atoms with E-state index in [1.54, 1.807) is 7.11 Å². The first-order valence-electron chi connectivity index (χ1n) is 7.12. The van der Waals surface area contributed by atoms with Crippen molar-refractivity contribution in [2.75, 3.05) is 19.1 Å². The Hall–Kier alpha value is -2.87. The number of nitrogens with zero attached hydrogens (tertiary/aromatic N) is 4. The minimum absolute atomic E-state index is 0.237. The molecule has 0 fully saturated rings. The van der Waals surface area contributed by atoms with Crippen LogP contribution in [0.2, 0.25) is 0 Å². The van der Waals surface area contributed by atoms with Crippen molar-refractivity contribution in [1.82, 2.24) is 20.3 Å². The van der Waals surface area contributed by atoms with Crippen LogP contribution < -0.4 is 15.4 Å². The van der Waals surface area contributed by atoms with Crippen LogP contribution in [0, 0.1) is 0 Å². The van der Waals surface area contributed by atoms with Crippen LogP contribution in [0.25, 0.3) is 11.3 Å². The molecule has 3 aromatic rings. The van der Waals surface area contributed by atoms with Gasteiger partial charge in [0, 0.05) is 13.1 Å². The standard InChI is InChI=1S/C15H18N6O2/c1-21(9-13-17-15(8-16)23-20-13)14-7-12(18-19-14)10-3-5-11(22-2)6-4-10/h3-7H,8-9,16H2,1-2H3,(H,18,19). The lowest BCUT2D eigenvalue weighted by Gasteiger charge is -2.12. The predicted octanol–water partition coefficient (Wildman–Crippen LogP) is 1.56. The van der Waals surface area contributed by atoms with Crippen LogP contribution in [-0.2, 0) is 13.1 Å². The third kappa shape index (κ3) is 3.32. The molecule has 0 aliphatic rings. The van der Waals surface area contributed by atoms with Gasteiger partial charge in [-0.3, -0.25) is 5.10 Å². The van der Waals surface area contributed by atoms with Gasteiger partial charge in [0.25, 0.3) is 0 Å². The summed E-state index contributed by atoms with van der Waals surface area (Å²) in [7, 11) is 3.55. The first-order valence-corrected chi connectivity index (χ1v) is 7.12. The summed E-state index contributed by atoms with van der Waals surface area (Å²) < 4.78 is 10.2. The largest absolute Gasteiger partial charge is 0.497 e. The number of nitrogens with two attached hydrogens (primary N) is 1. The van der Waals surface area contributed by atoms with Gasteiger partial charge in [-0.1, -0.05) is 5.16 Å². The molecule has 0 saturated carbocycles. The zero-order valence-electron chi connectivity index (χ0n) is 13.0. The summed E-state index contributed by atoms with van der Waals surface area (Å²) in [5.41, 5.74) is 7.41. The van der Waals surface area contributed by atoms with Gasteiger partial charge in [-0.15, -0.1) is 0 Å². The predicted molar refractivity (Wildman–Crippen MR) is 84.9 cm³/mol. The molecule has 3 N–H and O–H groups in total. The molecular weight excluding hydrogens is 296 g/mol. The highest BCUT2D eigenvalue weighted by molar-refractivity contribution is 5.63. The summed E-state index contributed by atoms with van der Waals surface area (Å²) in [5.74, 6) is 2.60. The topological polar surface area (TPSA) is 106 Å². The fourth-order valence-electron chi connectivity index (χ4n) is 2.16. The van der Waals surface area contributed by atoms with E-state index >= 15 is 0 Å². The maximum atomic E-state index is 5.46. The number of anilines is 1. The van der Waals surface area contributed by atoms with E-state index in [4.69, 9.17) is 15.0 Å². The Morgan fingerprint density at radius 1 is 1.30 bits per heavy atom. The molecular formula is C15H18N6O2. The quantitative estimate of drug-likeness (QED) is 0.711. The molecule has 0 saturated heterocycles. The Bertz CT molecular complexity index is 764. The van der Waals surface area contributed by atoms with Crippen molar-refractivity contribution < 1.29 is 9.26 Å². The Morgan fingerprint density at radius 2 is 2.09 bits per heavy atom. The van der Waals surface area contributed by atoms with Crippen molar-refractivity contribution in [2.45, 2.75) is 13.1 Å². The van der Waals surface area contributed by atoms with Gasteiger partial charge in [0.1, 0.15) is 5.75 Å². The van der Waals surface area contributed by atoms with E-state index in [1.807, 2.05) is 42.3 Å². The van der Waals surface area contributed by atoms with Crippen LogP contribution in [0.15, 0.2) is 34.9 Å². The molecule has 23 heavy (non-hydrogen) atoms. The number of methoxy groups -OCH3 is 1. The number of ether oxygens (including phenoxy) is 1. The number of benzene rings is 1. The fourth-order valence-corrected chi connectivity index (χ4v) is 2.16. The Balaban J connectivity index is 1.72. The average molecular weight is 314 g/mol. The van der Waals surface area contributed by atoms with E-state index in [9.17, 15) is 0 Å². The molecule has 0 atom stereocenters. The van der Waals surface area contributed by atoms with Crippen molar-refractivity contribution >= 4 is 5.82 Å². The minimum atomic E-state index is 0.237. The summed E-state index contributed by atoms with van der Waals surface area (Å²) in [4.78, 5) is 6.11. The molecule has 2 aromatic heterocycles. The fraction of sp³-hybridized carbons (Fsp3) is 0.267. The van der Waals surface area contributed by atoms with Gasteiger partial charge < -0.3 is 19.9 Å². The molecule has 3 rings (SSSR count). The highest BCUT2D eigenvalue weighted by Crippen LogP contribution is 2.24. The molecule has 2 heterocycles. The molecule has 1 aromatic carbocycles. The number of nitrogens with one attached hydrogen (secondary N) is 1. The summed E-state index contributed by atoms with van der Waals surface area (Å²) in [5, 5.41) is 11.2. The zero-order chi connectivity index (χ0) is 16.2. The lowest BCUT2D eigenvalue weighted by Crippen LogP contribution is -2.17. The van der Waals surface area contributed by atoms with Crippen LogP contribution in [0.1, 0.15) is 11.7 Å². The molecule has 0 aliphatic heterocycles. The van der Waals surface area contributed by atoms with Crippen LogP contribution in [0.4, 0.5) is 5.82 Å². The van der Waals surface area contributed by atoms with E-state index in [-0.39, 0.29) is 6.54 Å². The van der Waals surface area contributed by atoms with E-state index in [0.717, 1.165) is 22.8 Å². The number of H-pyrrole nitrogens is 1. The van der Waals surface area contributed by atoms with Gasteiger partial charge in [0.15, 0.2) is 11.6 Å². The molecule has 120 valence electrons. The third-order valence-electron chi connectivity index (χ3n) is 3.42. The highest BCUT2D eigenvalue weighted by atomic mass is 16.5. The molecule has 0 bridgehead atoms. The molecule has 8 nitrogen and oxygen atoms in total. The van der Waals surface area contributed by atoms with E-state index in [1.165, 1.54) is 0 Å². The van der Waals surface area contributed by atoms with Crippen LogP contribution in [0.3, 0.4) is 0 Å². The smallest absolute Gasteiger partial charge is 0.240 e. The summed E-state index contributed by atoms with van der Waals surface area (Å²) >= 11 is 0. The SMILES string of the molecule is COc1ccc(-c2cc(N(C)Cc3noc(CN)n3)n[nH]2)cc1. The lowest BCUT2D eigenvalue weighted by molar-refractivity contribution is 0.374. The first kappa shape index (κ1) is 15.0. The van der Waals surface area contributed by atoms with E-state index < -0.39 is 0 Å². The molecule has 0 aliphatic carbocycles. The van der Waals surface area contributed by atoms with Crippen molar-refractivity contribution in [3.05, 3.63) is 42.0 Å². The van der Waals surface area contributed by atoms with Crippen LogP contribution in [0.5, 0.6) is 5.75 Å². The van der Waals surface area contributed by atoms with Crippen molar-refractivity contribution in [2.24, 2.45) is 5.73 Å². The molecule has 0 spiro atoms. The minimum Gasteiger partial charge on any atom is -0.497 e.